The second kappa shape index (κ2) is 7.49. The Labute approximate surface area is 109 Å². The minimum Gasteiger partial charge on any atom is -0.392 e. The molecule has 0 fully saturated rings. The van der Waals surface area contributed by atoms with E-state index in [0.29, 0.717) is 18.9 Å². The fourth-order valence-corrected chi connectivity index (χ4v) is 2.03. The molecule has 0 saturated carbocycles. The van der Waals surface area contributed by atoms with Crippen LogP contribution in [0.5, 0.6) is 0 Å². The molecule has 3 heteroatoms. The van der Waals surface area contributed by atoms with Crippen molar-refractivity contribution in [2.45, 2.75) is 45.8 Å². The van der Waals surface area contributed by atoms with Crippen LogP contribution in [0.2, 0.25) is 0 Å². The first-order valence-electron chi connectivity index (χ1n) is 6.64. The van der Waals surface area contributed by atoms with Gasteiger partial charge in [-0.25, -0.2) is 4.39 Å². The highest BCUT2D eigenvalue weighted by Crippen LogP contribution is 2.09. The summed E-state index contributed by atoms with van der Waals surface area (Å²) in [6.45, 7) is 6.75. The quantitative estimate of drug-likeness (QED) is 0.783. The van der Waals surface area contributed by atoms with E-state index in [1.165, 1.54) is 6.07 Å². The summed E-state index contributed by atoms with van der Waals surface area (Å²) in [5, 5.41) is 13.0. The van der Waals surface area contributed by atoms with E-state index in [1.807, 2.05) is 13.0 Å². The molecule has 0 bridgehead atoms. The normalized spacial score (nSPS) is 14.8. The van der Waals surface area contributed by atoms with E-state index in [9.17, 15) is 9.50 Å². The lowest BCUT2D eigenvalue weighted by Gasteiger charge is -2.18. The Balaban J connectivity index is 2.34. The molecular weight excluding hydrogens is 229 g/mol. The topological polar surface area (TPSA) is 32.3 Å². The number of hydrogen-bond donors (Lipinski definition) is 2. The zero-order chi connectivity index (χ0) is 13.5. The molecule has 0 aromatic heterocycles. The summed E-state index contributed by atoms with van der Waals surface area (Å²) >= 11 is 0. The fourth-order valence-electron chi connectivity index (χ4n) is 2.03. The van der Waals surface area contributed by atoms with Gasteiger partial charge in [0.15, 0.2) is 0 Å². The van der Waals surface area contributed by atoms with Crippen molar-refractivity contribution in [2.24, 2.45) is 5.92 Å². The van der Waals surface area contributed by atoms with Crippen LogP contribution in [0.3, 0.4) is 0 Å². The summed E-state index contributed by atoms with van der Waals surface area (Å²) in [5.41, 5.74) is 0.718. The van der Waals surface area contributed by atoms with Crippen LogP contribution in [0.4, 0.5) is 4.39 Å². The van der Waals surface area contributed by atoms with Crippen molar-refractivity contribution in [3.05, 3.63) is 35.6 Å². The predicted octanol–water partition coefficient (Wildman–Crippen LogP) is 2.75. The van der Waals surface area contributed by atoms with Crippen molar-refractivity contribution in [1.82, 2.24) is 5.32 Å². The number of nitrogens with one attached hydrogen (secondary N) is 1. The number of aliphatic hydroxyl groups is 1. The van der Waals surface area contributed by atoms with Crippen LogP contribution >= 0.6 is 0 Å². The van der Waals surface area contributed by atoms with Crippen molar-refractivity contribution in [3.63, 3.8) is 0 Å². The van der Waals surface area contributed by atoms with Gasteiger partial charge >= 0.3 is 0 Å². The molecule has 0 spiro atoms. The van der Waals surface area contributed by atoms with Crippen molar-refractivity contribution in [3.8, 4) is 0 Å². The number of benzene rings is 1. The van der Waals surface area contributed by atoms with Gasteiger partial charge in [0.05, 0.1) is 6.10 Å². The van der Waals surface area contributed by atoms with Gasteiger partial charge in [-0.15, -0.1) is 0 Å². The molecule has 0 radical (unpaired) electrons. The molecule has 0 amide bonds. The van der Waals surface area contributed by atoms with Crippen LogP contribution in [0.15, 0.2) is 24.3 Å². The summed E-state index contributed by atoms with van der Waals surface area (Å²) in [6, 6.07) is 6.99. The average molecular weight is 253 g/mol. The standard InChI is InChI=1S/C15H24FNO/c1-11(2)8-14(18)10-17-12(3)9-13-6-4-5-7-15(13)16/h4-7,11-12,14,17-18H,8-10H2,1-3H3. The summed E-state index contributed by atoms with van der Waals surface area (Å²) in [7, 11) is 0. The fraction of sp³-hybridized carbons (Fsp3) is 0.600. The molecule has 0 aliphatic heterocycles. The van der Waals surface area contributed by atoms with E-state index < -0.39 is 0 Å². The Morgan fingerprint density at radius 2 is 1.89 bits per heavy atom. The Kier molecular flexibility index (Phi) is 6.30. The van der Waals surface area contributed by atoms with Gasteiger partial charge in [-0.05, 0) is 37.3 Å². The van der Waals surface area contributed by atoms with Crippen LogP contribution in [0.1, 0.15) is 32.8 Å². The Morgan fingerprint density at radius 3 is 2.50 bits per heavy atom. The molecule has 0 heterocycles. The van der Waals surface area contributed by atoms with E-state index >= 15 is 0 Å². The van der Waals surface area contributed by atoms with Gasteiger partial charge in [-0.1, -0.05) is 32.0 Å². The lowest BCUT2D eigenvalue weighted by atomic mass is 10.0. The second-order valence-electron chi connectivity index (χ2n) is 5.39. The molecule has 2 N–H and O–H groups in total. The molecule has 0 aliphatic carbocycles. The largest absolute Gasteiger partial charge is 0.392 e. The number of hydrogen-bond acceptors (Lipinski definition) is 2. The molecule has 18 heavy (non-hydrogen) atoms. The van der Waals surface area contributed by atoms with Crippen molar-refractivity contribution in [1.29, 1.82) is 0 Å². The van der Waals surface area contributed by atoms with Gasteiger partial charge < -0.3 is 10.4 Å². The number of halogens is 1. The molecule has 102 valence electrons. The molecular formula is C15H24FNO. The lowest BCUT2D eigenvalue weighted by molar-refractivity contribution is 0.143. The lowest BCUT2D eigenvalue weighted by Crippen LogP contribution is -2.35. The Morgan fingerprint density at radius 1 is 1.22 bits per heavy atom. The monoisotopic (exact) mass is 253 g/mol. The van der Waals surface area contributed by atoms with Gasteiger partial charge in [-0.2, -0.15) is 0 Å². The molecule has 0 aliphatic rings. The third-order valence-electron chi connectivity index (χ3n) is 2.93. The van der Waals surface area contributed by atoms with Gasteiger partial charge in [0.25, 0.3) is 0 Å². The molecule has 1 aromatic rings. The Hall–Kier alpha value is -0.930. The molecule has 1 rings (SSSR count). The van der Waals surface area contributed by atoms with Crippen LogP contribution in [-0.4, -0.2) is 23.8 Å². The maximum atomic E-state index is 13.4. The van der Waals surface area contributed by atoms with Gasteiger partial charge in [0.2, 0.25) is 0 Å². The molecule has 2 nitrogen and oxygen atoms in total. The minimum atomic E-state index is -0.326. The summed E-state index contributed by atoms with van der Waals surface area (Å²) < 4.78 is 13.4. The predicted molar refractivity (Wildman–Crippen MR) is 73.0 cm³/mol. The zero-order valence-electron chi connectivity index (χ0n) is 11.5. The van der Waals surface area contributed by atoms with Crippen LogP contribution in [-0.2, 0) is 6.42 Å². The van der Waals surface area contributed by atoms with Gasteiger partial charge in [0, 0.05) is 12.6 Å². The molecule has 2 atom stereocenters. The highest BCUT2D eigenvalue weighted by molar-refractivity contribution is 5.18. The first kappa shape index (κ1) is 15.1. The van der Waals surface area contributed by atoms with Crippen molar-refractivity contribution >= 4 is 0 Å². The van der Waals surface area contributed by atoms with Crippen molar-refractivity contribution < 1.29 is 9.50 Å². The summed E-state index contributed by atoms with van der Waals surface area (Å²) in [6.07, 6.45) is 1.11. The SMILES string of the molecule is CC(C)CC(O)CNC(C)Cc1ccccc1F. The summed E-state index contributed by atoms with van der Waals surface area (Å²) in [5.74, 6) is 0.331. The van der Waals surface area contributed by atoms with Crippen molar-refractivity contribution in [2.75, 3.05) is 6.54 Å². The maximum Gasteiger partial charge on any atom is 0.126 e. The number of rotatable bonds is 7. The van der Waals surface area contributed by atoms with E-state index in [1.54, 1.807) is 12.1 Å². The van der Waals surface area contributed by atoms with E-state index in [2.05, 4.69) is 19.2 Å². The highest BCUT2D eigenvalue weighted by Gasteiger charge is 2.10. The van der Waals surface area contributed by atoms with Crippen LogP contribution < -0.4 is 5.32 Å². The van der Waals surface area contributed by atoms with Crippen LogP contribution in [0.25, 0.3) is 0 Å². The van der Waals surface area contributed by atoms with Gasteiger partial charge in [-0.3, -0.25) is 0 Å². The Bertz CT molecular complexity index is 354. The first-order chi connectivity index (χ1) is 8.49. The van der Waals surface area contributed by atoms with E-state index in [4.69, 9.17) is 0 Å². The maximum absolute atomic E-state index is 13.4. The van der Waals surface area contributed by atoms with Gasteiger partial charge in [0.1, 0.15) is 5.82 Å². The smallest absolute Gasteiger partial charge is 0.126 e. The van der Waals surface area contributed by atoms with E-state index in [-0.39, 0.29) is 18.0 Å². The highest BCUT2D eigenvalue weighted by atomic mass is 19.1. The first-order valence-corrected chi connectivity index (χ1v) is 6.64. The minimum absolute atomic E-state index is 0.156. The zero-order valence-corrected chi connectivity index (χ0v) is 11.5. The molecule has 2 unspecified atom stereocenters. The second-order valence-corrected chi connectivity index (χ2v) is 5.39. The van der Waals surface area contributed by atoms with E-state index in [0.717, 1.165) is 12.0 Å². The summed E-state index contributed by atoms with van der Waals surface area (Å²) in [4.78, 5) is 0. The molecule has 1 aromatic carbocycles. The third kappa shape index (κ3) is 5.61. The average Bonchev–Trinajstić information content (AvgIpc) is 2.29. The van der Waals surface area contributed by atoms with Crippen LogP contribution in [0, 0.1) is 11.7 Å². The number of aliphatic hydroxyl groups excluding tert-OH is 1. The molecule has 0 saturated heterocycles. The third-order valence-corrected chi connectivity index (χ3v) is 2.93.